The Morgan fingerprint density at radius 2 is 2.00 bits per heavy atom. The van der Waals surface area contributed by atoms with E-state index in [0.29, 0.717) is 13.2 Å². The number of nitrogens with zero attached hydrogens (tertiary/aromatic N) is 2. The topological polar surface area (TPSA) is 68.3 Å². The van der Waals surface area contributed by atoms with Gasteiger partial charge < -0.3 is 9.47 Å². The van der Waals surface area contributed by atoms with E-state index >= 15 is 0 Å². The Morgan fingerprint density at radius 3 is 2.53 bits per heavy atom. The normalized spacial score (nSPS) is 20.1. The van der Waals surface area contributed by atoms with E-state index < -0.39 is 17.7 Å². The smallest absolute Gasteiger partial charge is 0.411 e. The van der Waals surface area contributed by atoms with Crippen molar-refractivity contribution in [2.45, 2.75) is 32.4 Å². The van der Waals surface area contributed by atoms with Crippen LogP contribution in [0.4, 0.5) is 4.79 Å². The zero-order valence-electron chi connectivity index (χ0n) is 12.1. The Hall–Kier alpha value is -1.34. The quantitative estimate of drug-likeness (QED) is 0.691. The van der Waals surface area contributed by atoms with E-state index in [1.54, 1.807) is 20.8 Å². The van der Waals surface area contributed by atoms with Crippen molar-refractivity contribution >= 4 is 12.0 Å². The molecule has 0 aromatic rings. The van der Waals surface area contributed by atoms with Crippen LogP contribution >= 0.6 is 0 Å². The molecule has 0 bridgehead atoms. The van der Waals surface area contributed by atoms with Crippen LogP contribution in [0.15, 0.2) is 0 Å². The van der Waals surface area contributed by atoms with Gasteiger partial charge in [0.15, 0.2) is 0 Å². The molecule has 1 fully saturated rings. The first kappa shape index (κ1) is 15.7. The Balaban J connectivity index is 2.78. The number of hydroxylamine groups is 2. The highest BCUT2D eigenvalue weighted by Gasteiger charge is 2.37. The number of likely N-dealkylation sites (N-methyl/N-ethyl adjacent to an activating group) is 1. The van der Waals surface area contributed by atoms with Gasteiger partial charge in [0.25, 0.3) is 5.91 Å². The van der Waals surface area contributed by atoms with Crippen LogP contribution in [-0.2, 0) is 19.1 Å². The Bertz CT molecular complexity index is 340. The summed E-state index contributed by atoms with van der Waals surface area (Å²) < 4.78 is 10.5. The Kier molecular flexibility index (Phi) is 5.13. The highest BCUT2D eigenvalue weighted by atomic mass is 16.7. The molecular formula is C12H22N2O5. The van der Waals surface area contributed by atoms with Gasteiger partial charge in [0.05, 0.1) is 20.3 Å². The van der Waals surface area contributed by atoms with Gasteiger partial charge in [-0.1, -0.05) is 0 Å². The molecule has 0 aromatic carbocycles. The predicted octanol–water partition coefficient (Wildman–Crippen LogP) is 0.642. The van der Waals surface area contributed by atoms with Crippen LogP contribution in [0.25, 0.3) is 0 Å². The summed E-state index contributed by atoms with van der Waals surface area (Å²) in [5, 5.41) is 1.08. The summed E-state index contributed by atoms with van der Waals surface area (Å²) in [6.45, 7) is 6.20. The molecule has 1 aliphatic rings. The van der Waals surface area contributed by atoms with Gasteiger partial charge in [0.1, 0.15) is 11.6 Å². The number of ether oxygens (including phenoxy) is 2. The fourth-order valence-corrected chi connectivity index (χ4v) is 1.65. The lowest BCUT2D eigenvalue weighted by Gasteiger charge is -2.36. The molecule has 19 heavy (non-hydrogen) atoms. The molecule has 1 heterocycles. The molecule has 0 aliphatic carbocycles. The van der Waals surface area contributed by atoms with Crippen molar-refractivity contribution in [3.8, 4) is 0 Å². The van der Waals surface area contributed by atoms with Crippen LogP contribution in [0.2, 0.25) is 0 Å². The summed E-state index contributed by atoms with van der Waals surface area (Å²) in [5.74, 6) is -0.340. The predicted molar refractivity (Wildman–Crippen MR) is 67.3 cm³/mol. The van der Waals surface area contributed by atoms with E-state index in [2.05, 4.69) is 0 Å². The van der Waals surface area contributed by atoms with Crippen molar-refractivity contribution in [3.63, 3.8) is 0 Å². The molecule has 0 aromatic heterocycles. The number of amides is 2. The van der Waals surface area contributed by atoms with E-state index in [9.17, 15) is 9.59 Å². The summed E-state index contributed by atoms with van der Waals surface area (Å²) in [4.78, 5) is 30.4. The summed E-state index contributed by atoms with van der Waals surface area (Å²) in [7, 11) is 2.88. The summed E-state index contributed by atoms with van der Waals surface area (Å²) in [6, 6.07) is -0.714. The standard InChI is InChI=1S/C12H22N2O5/c1-12(2,3)19-11(16)14-6-7-18-8-9(14)10(15)13(4)17-5/h9H,6-8H2,1-5H3/t9-/m0/s1. The number of rotatable bonds is 2. The third-order valence-corrected chi connectivity index (χ3v) is 2.63. The van der Waals surface area contributed by atoms with Gasteiger partial charge in [-0.15, -0.1) is 0 Å². The lowest BCUT2D eigenvalue weighted by molar-refractivity contribution is -0.179. The molecular weight excluding hydrogens is 252 g/mol. The van der Waals surface area contributed by atoms with Crippen molar-refractivity contribution in [1.82, 2.24) is 9.96 Å². The maximum absolute atomic E-state index is 12.1. The van der Waals surface area contributed by atoms with Gasteiger partial charge >= 0.3 is 6.09 Å². The molecule has 7 nitrogen and oxygen atoms in total. The molecule has 1 saturated heterocycles. The molecule has 0 unspecified atom stereocenters. The Labute approximate surface area is 113 Å². The number of hydrogen-bond donors (Lipinski definition) is 0. The lowest BCUT2D eigenvalue weighted by Crippen LogP contribution is -2.56. The number of carbonyl (C=O) groups is 2. The lowest BCUT2D eigenvalue weighted by atomic mass is 10.2. The maximum atomic E-state index is 12.1. The fraction of sp³-hybridized carbons (Fsp3) is 0.833. The monoisotopic (exact) mass is 274 g/mol. The molecule has 1 rings (SSSR count). The van der Waals surface area contributed by atoms with Crippen molar-refractivity contribution < 1.29 is 23.9 Å². The van der Waals surface area contributed by atoms with Gasteiger partial charge in [-0.3, -0.25) is 14.5 Å². The van der Waals surface area contributed by atoms with Crippen molar-refractivity contribution in [3.05, 3.63) is 0 Å². The van der Waals surface area contributed by atoms with Gasteiger partial charge in [-0.2, -0.15) is 0 Å². The van der Waals surface area contributed by atoms with E-state index in [1.807, 2.05) is 0 Å². The maximum Gasteiger partial charge on any atom is 0.411 e. The zero-order valence-corrected chi connectivity index (χ0v) is 12.1. The van der Waals surface area contributed by atoms with Gasteiger partial charge in [0, 0.05) is 13.6 Å². The van der Waals surface area contributed by atoms with Crippen LogP contribution in [0.5, 0.6) is 0 Å². The van der Waals surface area contributed by atoms with Crippen molar-refractivity contribution in [2.24, 2.45) is 0 Å². The largest absolute Gasteiger partial charge is 0.444 e. The van der Waals surface area contributed by atoms with E-state index in [-0.39, 0.29) is 12.5 Å². The Morgan fingerprint density at radius 1 is 1.37 bits per heavy atom. The van der Waals surface area contributed by atoms with Crippen LogP contribution in [-0.4, -0.2) is 67.5 Å². The molecule has 0 N–H and O–H groups in total. The average molecular weight is 274 g/mol. The minimum absolute atomic E-state index is 0.145. The second kappa shape index (κ2) is 6.21. The molecule has 0 saturated carbocycles. The molecule has 1 aliphatic heterocycles. The molecule has 0 radical (unpaired) electrons. The van der Waals surface area contributed by atoms with Gasteiger partial charge in [-0.05, 0) is 20.8 Å². The zero-order chi connectivity index (χ0) is 14.6. The minimum atomic E-state index is -0.714. The first-order chi connectivity index (χ1) is 8.76. The summed E-state index contributed by atoms with van der Waals surface area (Å²) in [5.41, 5.74) is -0.601. The molecule has 7 heteroatoms. The van der Waals surface area contributed by atoms with Crippen molar-refractivity contribution in [2.75, 3.05) is 33.9 Å². The summed E-state index contributed by atoms with van der Waals surface area (Å²) >= 11 is 0. The first-order valence-corrected chi connectivity index (χ1v) is 6.15. The van der Waals surface area contributed by atoms with E-state index in [0.717, 1.165) is 5.06 Å². The minimum Gasteiger partial charge on any atom is -0.444 e. The van der Waals surface area contributed by atoms with Gasteiger partial charge in [0.2, 0.25) is 0 Å². The van der Waals surface area contributed by atoms with Crippen molar-refractivity contribution in [1.29, 1.82) is 0 Å². The fourth-order valence-electron chi connectivity index (χ4n) is 1.65. The average Bonchev–Trinajstić information content (AvgIpc) is 2.35. The van der Waals surface area contributed by atoms with Gasteiger partial charge in [-0.25, -0.2) is 9.86 Å². The molecule has 110 valence electrons. The molecule has 2 amide bonds. The van der Waals surface area contributed by atoms with E-state index in [4.69, 9.17) is 14.3 Å². The molecule has 1 atom stereocenters. The van der Waals surface area contributed by atoms with Crippen LogP contribution in [0.1, 0.15) is 20.8 Å². The third-order valence-electron chi connectivity index (χ3n) is 2.63. The highest BCUT2D eigenvalue weighted by Crippen LogP contribution is 2.15. The SMILES string of the molecule is CON(C)C(=O)[C@@H]1COCCN1C(=O)OC(C)(C)C. The highest BCUT2D eigenvalue weighted by molar-refractivity contribution is 5.85. The second-order valence-corrected chi connectivity index (χ2v) is 5.28. The second-order valence-electron chi connectivity index (χ2n) is 5.28. The third kappa shape index (κ3) is 4.36. The number of carbonyl (C=O) groups excluding carboxylic acids is 2. The van der Waals surface area contributed by atoms with Crippen LogP contribution < -0.4 is 0 Å². The number of morpholine rings is 1. The van der Waals surface area contributed by atoms with Crippen LogP contribution in [0, 0.1) is 0 Å². The first-order valence-electron chi connectivity index (χ1n) is 6.15. The summed E-state index contributed by atoms with van der Waals surface area (Å²) in [6.07, 6.45) is -0.515. The molecule has 0 spiro atoms. The van der Waals surface area contributed by atoms with Crippen LogP contribution in [0.3, 0.4) is 0 Å². The van der Waals surface area contributed by atoms with E-state index in [1.165, 1.54) is 19.1 Å². The number of hydrogen-bond acceptors (Lipinski definition) is 5.